The Hall–Kier alpha value is -1.29. The summed E-state index contributed by atoms with van der Waals surface area (Å²) in [5.41, 5.74) is 5.47. The van der Waals surface area contributed by atoms with Gasteiger partial charge < -0.3 is 5.73 Å². The Balaban J connectivity index is 2.75. The number of carbonyl (C=O) groups is 1. The minimum Gasteiger partial charge on any atom is -0.364 e. The van der Waals surface area contributed by atoms with Crippen LogP contribution in [0.5, 0.6) is 0 Å². The molecule has 1 aromatic carbocycles. The van der Waals surface area contributed by atoms with Crippen LogP contribution in [0, 0.1) is 5.41 Å². The van der Waals surface area contributed by atoms with Crippen LogP contribution in [0.15, 0.2) is 29.2 Å². The Morgan fingerprint density at radius 1 is 1.44 bits per heavy atom. The predicted octanol–water partition coefficient (Wildman–Crippen LogP) is 2.43. The second-order valence-corrected chi connectivity index (χ2v) is 5.11. The quantitative estimate of drug-likeness (QED) is 0.609. The van der Waals surface area contributed by atoms with Crippen molar-refractivity contribution in [2.45, 2.75) is 30.4 Å². The van der Waals surface area contributed by atoms with Crippen LogP contribution >= 0.6 is 11.8 Å². The molecule has 0 radical (unpaired) electrons. The molecule has 4 heteroatoms. The first-order valence-electron chi connectivity index (χ1n) is 5.20. The molecule has 86 valence electrons. The number of rotatable bonds is 5. The Morgan fingerprint density at radius 3 is 2.44 bits per heavy atom. The summed E-state index contributed by atoms with van der Waals surface area (Å²) in [5.74, 6) is -0.692. The predicted molar refractivity (Wildman–Crippen MR) is 68.1 cm³/mol. The van der Waals surface area contributed by atoms with Crippen LogP contribution in [0.3, 0.4) is 0 Å². The molecule has 16 heavy (non-hydrogen) atoms. The van der Waals surface area contributed by atoms with E-state index in [9.17, 15) is 4.79 Å². The third-order valence-corrected chi connectivity index (χ3v) is 3.58. The highest BCUT2D eigenvalue weighted by molar-refractivity contribution is 7.99. The molecule has 0 heterocycles. The van der Waals surface area contributed by atoms with Gasteiger partial charge in [-0.15, -0.1) is 11.8 Å². The van der Waals surface area contributed by atoms with Gasteiger partial charge in [-0.1, -0.05) is 26.0 Å². The lowest BCUT2D eigenvalue weighted by Gasteiger charge is -2.08. The van der Waals surface area contributed by atoms with E-state index in [-0.39, 0.29) is 5.71 Å². The van der Waals surface area contributed by atoms with Crippen LogP contribution in [-0.4, -0.2) is 16.9 Å². The highest BCUT2D eigenvalue weighted by atomic mass is 32.2. The largest absolute Gasteiger partial charge is 0.364 e. The fraction of sp³-hybridized carbons (Fsp3) is 0.333. The van der Waals surface area contributed by atoms with Crippen molar-refractivity contribution in [1.29, 1.82) is 5.41 Å². The first-order chi connectivity index (χ1) is 7.54. The van der Waals surface area contributed by atoms with E-state index in [4.69, 9.17) is 11.1 Å². The molecule has 3 N–H and O–H groups in total. The normalized spacial score (nSPS) is 12.1. The van der Waals surface area contributed by atoms with E-state index in [0.29, 0.717) is 10.8 Å². The zero-order valence-corrected chi connectivity index (χ0v) is 10.3. The van der Waals surface area contributed by atoms with Gasteiger partial charge >= 0.3 is 0 Å². The maximum Gasteiger partial charge on any atom is 0.267 e. The molecule has 3 nitrogen and oxygen atoms in total. The Morgan fingerprint density at radius 2 is 2.00 bits per heavy atom. The molecule has 0 spiro atoms. The molecule has 0 bridgehead atoms. The topological polar surface area (TPSA) is 66.9 Å². The first-order valence-corrected chi connectivity index (χ1v) is 6.08. The summed E-state index contributed by atoms with van der Waals surface area (Å²) in [6.45, 7) is 4.32. The third kappa shape index (κ3) is 3.38. The average Bonchev–Trinajstić information content (AvgIpc) is 2.28. The first kappa shape index (κ1) is 12.8. The molecular weight excluding hydrogens is 220 g/mol. The summed E-state index contributed by atoms with van der Waals surface area (Å²) in [4.78, 5) is 11.9. The summed E-state index contributed by atoms with van der Waals surface area (Å²) in [6, 6.07) is 7.36. The molecule has 0 saturated heterocycles. The monoisotopic (exact) mass is 236 g/mol. The van der Waals surface area contributed by atoms with E-state index in [1.807, 2.05) is 12.1 Å². The van der Waals surface area contributed by atoms with E-state index in [1.165, 1.54) is 0 Å². The van der Waals surface area contributed by atoms with Crippen molar-refractivity contribution in [1.82, 2.24) is 0 Å². The Bertz CT molecular complexity index is 387. The third-order valence-electron chi connectivity index (χ3n) is 2.30. The Kier molecular flexibility index (Phi) is 4.55. The van der Waals surface area contributed by atoms with E-state index in [0.717, 1.165) is 11.3 Å². The average molecular weight is 236 g/mol. The smallest absolute Gasteiger partial charge is 0.267 e. The number of amides is 1. The van der Waals surface area contributed by atoms with Crippen LogP contribution in [-0.2, 0) is 4.79 Å². The number of primary amides is 1. The van der Waals surface area contributed by atoms with E-state index in [2.05, 4.69) is 13.8 Å². The Labute approximate surface area is 99.9 Å². The molecule has 1 amide bonds. The zero-order valence-electron chi connectivity index (χ0n) is 9.49. The maximum atomic E-state index is 10.8. The van der Waals surface area contributed by atoms with E-state index < -0.39 is 5.91 Å². The number of hydrogen-bond donors (Lipinski definition) is 2. The molecular formula is C12H16N2OS. The lowest BCUT2D eigenvalue weighted by atomic mass is 10.1. The van der Waals surface area contributed by atoms with Gasteiger partial charge in [0.2, 0.25) is 0 Å². The van der Waals surface area contributed by atoms with Crippen LogP contribution in [0.1, 0.15) is 25.8 Å². The lowest BCUT2D eigenvalue weighted by molar-refractivity contribution is -0.112. The van der Waals surface area contributed by atoms with Crippen LogP contribution in [0.4, 0.5) is 0 Å². The molecule has 0 saturated carbocycles. The van der Waals surface area contributed by atoms with Gasteiger partial charge in [0.15, 0.2) is 0 Å². The van der Waals surface area contributed by atoms with Gasteiger partial charge in [-0.3, -0.25) is 10.2 Å². The van der Waals surface area contributed by atoms with Crippen LogP contribution in [0.2, 0.25) is 0 Å². The van der Waals surface area contributed by atoms with Crippen LogP contribution in [0.25, 0.3) is 0 Å². The fourth-order valence-corrected chi connectivity index (χ4v) is 2.08. The summed E-state index contributed by atoms with van der Waals surface area (Å²) in [7, 11) is 0. The molecule has 1 atom stereocenters. The molecule has 0 aliphatic rings. The molecule has 0 aliphatic heterocycles. The molecule has 0 fully saturated rings. The van der Waals surface area contributed by atoms with Gasteiger partial charge in [0, 0.05) is 15.7 Å². The molecule has 1 rings (SSSR count). The van der Waals surface area contributed by atoms with Crippen molar-refractivity contribution in [3.8, 4) is 0 Å². The number of nitrogens with one attached hydrogen (secondary N) is 1. The van der Waals surface area contributed by atoms with Crippen molar-refractivity contribution >= 4 is 23.4 Å². The standard InChI is InChI=1S/C12H16N2OS/c1-3-8(2)16-10-6-4-9(5-7-10)11(13)12(14)15/h4-8,13H,3H2,1-2H3,(H2,14,15). The second kappa shape index (κ2) is 5.70. The molecule has 0 aromatic heterocycles. The minimum absolute atomic E-state index is 0.139. The highest BCUT2D eigenvalue weighted by Crippen LogP contribution is 2.25. The fourth-order valence-electron chi connectivity index (χ4n) is 1.16. The summed E-state index contributed by atoms with van der Waals surface area (Å²) in [6.07, 6.45) is 1.11. The molecule has 0 aliphatic carbocycles. The second-order valence-electron chi connectivity index (χ2n) is 3.60. The number of benzene rings is 1. The summed E-state index contributed by atoms with van der Waals surface area (Å²) >= 11 is 1.79. The number of hydrogen-bond acceptors (Lipinski definition) is 3. The number of nitrogens with two attached hydrogens (primary N) is 1. The zero-order chi connectivity index (χ0) is 12.1. The van der Waals surface area contributed by atoms with Crippen molar-refractivity contribution < 1.29 is 4.79 Å². The van der Waals surface area contributed by atoms with Gasteiger partial charge in [-0.05, 0) is 18.6 Å². The number of thioether (sulfide) groups is 1. The number of carbonyl (C=O) groups excluding carboxylic acids is 1. The lowest BCUT2D eigenvalue weighted by Crippen LogP contribution is -2.22. The van der Waals surface area contributed by atoms with Crippen molar-refractivity contribution in [3.05, 3.63) is 29.8 Å². The van der Waals surface area contributed by atoms with Crippen molar-refractivity contribution in [2.75, 3.05) is 0 Å². The minimum atomic E-state index is -0.692. The van der Waals surface area contributed by atoms with Gasteiger partial charge in [-0.2, -0.15) is 0 Å². The summed E-state index contributed by atoms with van der Waals surface area (Å²) < 4.78 is 0. The SMILES string of the molecule is CCC(C)Sc1ccc(C(=N)C(N)=O)cc1. The van der Waals surface area contributed by atoms with E-state index >= 15 is 0 Å². The van der Waals surface area contributed by atoms with Gasteiger partial charge in [0.25, 0.3) is 5.91 Å². The summed E-state index contributed by atoms with van der Waals surface area (Å²) in [5, 5.41) is 8.02. The van der Waals surface area contributed by atoms with Gasteiger partial charge in [0.05, 0.1) is 0 Å². The van der Waals surface area contributed by atoms with Crippen LogP contribution < -0.4 is 5.73 Å². The molecule has 1 unspecified atom stereocenters. The maximum absolute atomic E-state index is 10.8. The van der Waals surface area contributed by atoms with Crippen molar-refractivity contribution in [2.24, 2.45) is 5.73 Å². The van der Waals surface area contributed by atoms with Gasteiger partial charge in [0.1, 0.15) is 5.71 Å². The van der Waals surface area contributed by atoms with E-state index in [1.54, 1.807) is 23.9 Å². The highest BCUT2D eigenvalue weighted by Gasteiger charge is 2.08. The molecule has 1 aromatic rings. The van der Waals surface area contributed by atoms with Crippen molar-refractivity contribution in [3.63, 3.8) is 0 Å². The van der Waals surface area contributed by atoms with Gasteiger partial charge in [-0.25, -0.2) is 0 Å².